The maximum atomic E-state index is 11.1. The van der Waals surface area contributed by atoms with E-state index in [9.17, 15) is 4.79 Å². The summed E-state index contributed by atoms with van der Waals surface area (Å²) in [6, 6.07) is 0. The van der Waals surface area contributed by atoms with Crippen molar-refractivity contribution in [2.75, 3.05) is 27.4 Å². The second kappa shape index (κ2) is 4.31. The zero-order valence-electron chi connectivity index (χ0n) is 7.22. The Kier molecular flexibility index (Phi) is 4.07. The molecule has 0 aromatic heterocycles. The number of esters is 1. The van der Waals surface area contributed by atoms with Gasteiger partial charge in [-0.1, -0.05) is 0 Å². The molecule has 0 saturated carbocycles. The molecule has 2 N–H and O–H groups in total. The predicted octanol–water partition coefficient (Wildman–Crippen LogP) is -0.229. The van der Waals surface area contributed by atoms with E-state index in [4.69, 9.17) is 10.5 Å². The van der Waals surface area contributed by atoms with Crippen LogP contribution in [-0.4, -0.2) is 33.3 Å². The summed E-state index contributed by atoms with van der Waals surface area (Å²) in [5.41, 5.74) is 4.68. The van der Waals surface area contributed by atoms with E-state index in [2.05, 4.69) is 4.74 Å². The van der Waals surface area contributed by atoms with Crippen LogP contribution in [0.5, 0.6) is 0 Å². The molecule has 1 atom stereocenters. The minimum atomic E-state index is -0.705. The molecule has 4 nitrogen and oxygen atoms in total. The van der Waals surface area contributed by atoms with Gasteiger partial charge in [0, 0.05) is 13.7 Å². The molecule has 0 bridgehead atoms. The number of hydrogen-bond acceptors (Lipinski definition) is 4. The molecule has 0 amide bonds. The van der Waals surface area contributed by atoms with E-state index in [-0.39, 0.29) is 19.1 Å². The molecule has 0 saturated heterocycles. The third kappa shape index (κ3) is 2.48. The maximum absolute atomic E-state index is 11.1. The average Bonchev–Trinajstić information content (AvgIpc) is 2.03. The molecule has 0 fully saturated rings. The van der Waals surface area contributed by atoms with Gasteiger partial charge in [0.15, 0.2) is 0 Å². The van der Waals surface area contributed by atoms with Gasteiger partial charge in [-0.25, -0.2) is 0 Å². The highest BCUT2D eigenvalue weighted by Gasteiger charge is 2.32. The topological polar surface area (TPSA) is 61.5 Å². The van der Waals surface area contributed by atoms with Gasteiger partial charge in [0.25, 0.3) is 0 Å². The number of nitrogens with two attached hydrogens (primary N) is 1. The molecule has 0 radical (unpaired) electrons. The number of ether oxygens (including phenoxy) is 2. The lowest BCUT2D eigenvalue weighted by molar-refractivity contribution is -0.154. The van der Waals surface area contributed by atoms with Crippen LogP contribution < -0.4 is 5.73 Å². The van der Waals surface area contributed by atoms with Crippen molar-refractivity contribution in [1.29, 1.82) is 0 Å². The molecule has 0 aromatic carbocycles. The molecule has 0 aromatic rings. The van der Waals surface area contributed by atoms with Gasteiger partial charge in [0.2, 0.25) is 0 Å². The number of carbonyl (C=O) groups excluding carboxylic acids is 1. The smallest absolute Gasteiger partial charge is 0.315 e. The summed E-state index contributed by atoms with van der Waals surface area (Å²) in [6.07, 6.45) is 0. The molecule has 4 heteroatoms. The van der Waals surface area contributed by atoms with Crippen LogP contribution in [0.4, 0.5) is 0 Å². The van der Waals surface area contributed by atoms with Gasteiger partial charge in [0.05, 0.1) is 13.7 Å². The number of hydrogen-bond donors (Lipinski definition) is 1. The molecule has 0 spiro atoms. The molecule has 66 valence electrons. The fourth-order valence-electron chi connectivity index (χ4n) is 0.766. The van der Waals surface area contributed by atoms with Crippen LogP contribution in [0.25, 0.3) is 0 Å². The highest BCUT2D eigenvalue weighted by molar-refractivity contribution is 5.76. The van der Waals surface area contributed by atoms with E-state index < -0.39 is 5.41 Å². The second-order valence-corrected chi connectivity index (χ2v) is 2.69. The first-order chi connectivity index (χ1) is 5.10. The quantitative estimate of drug-likeness (QED) is 0.578. The first-order valence-corrected chi connectivity index (χ1v) is 3.38. The number of methoxy groups -OCH3 is 2. The van der Waals surface area contributed by atoms with Crippen molar-refractivity contribution in [2.24, 2.45) is 11.1 Å². The molecule has 0 aliphatic rings. The minimum absolute atomic E-state index is 0.230. The van der Waals surface area contributed by atoms with Crippen molar-refractivity contribution in [1.82, 2.24) is 0 Å². The fourth-order valence-corrected chi connectivity index (χ4v) is 0.766. The van der Waals surface area contributed by atoms with Gasteiger partial charge in [-0.05, 0) is 6.92 Å². The summed E-state index contributed by atoms with van der Waals surface area (Å²) in [5, 5.41) is 0. The lowest BCUT2D eigenvalue weighted by atomic mass is 9.92. The van der Waals surface area contributed by atoms with Crippen molar-refractivity contribution in [3.8, 4) is 0 Å². The van der Waals surface area contributed by atoms with E-state index in [1.54, 1.807) is 6.92 Å². The van der Waals surface area contributed by atoms with Gasteiger partial charge in [-0.15, -0.1) is 0 Å². The third-order valence-electron chi connectivity index (χ3n) is 1.59. The first-order valence-electron chi connectivity index (χ1n) is 3.38. The second-order valence-electron chi connectivity index (χ2n) is 2.69. The Labute approximate surface area is 66.7 Å². The normalized spacial score (nSPS) is 15.6. The van der Waals surface area contributed by atoms with Crippen LogP contribution >= 0.6 is 0 Å². The summed E-state index contributed by atoms with van der Waals surface area (Å²) in [5.74, 6) is -0.332. The van der Waals surface area contributed by atoms with Crippen LogP contribution in [-0.2, 0) is 14.3 Å². The minimum Gasteiger partial charge on any atom is -0.468 e. The summed E-state index contributed by atoms with van der Waals surface area (Å²) >= 11 is 0. The van der Waals surface area contributed by atoms with E-state index in [1.165, 1.54) is 14.2 Å². The van der Waals surface area contributed by atoms with Crippen LogP contribution in [0, 0.1) is 5.41 Å². The summed E-state index contributed by atoms with van der Waals surface area (Å²) in [7, 11) is 2.86. The Morgan fingerprint density at radius 2 is 2.09 bits per heavy atom. The van der Waals surface area contributed by atoms with Crippen LogP contribution in [0.15, 0.2) is 0 Å². The van der Waals surface area contributed by atoms with Gasteiger partial charge < -0.3 is 15.2 Å². The number of rotatable bonds is 4. The van der Waals surface area contributed by atoms with Crippen LogP contribution in [0.1, 0.15) is 6.92 Å². The molecule has 0 heterocycles. The maximum Gasteiger partial charge on any atom is 0.315 e. The van der Waals surface area contributed by atoms with E-state index in [0.29, 0.717) is 0 Å². The lowest BCUT2D eigenvalue weighted by Crippen LogP contribution is -2.40. The molecular formula is C7H15NO3. The van der Waals surface area contributed by atoms with E-state index in [0.717, 1.165) is 0 Å². The summed E-state index contributed by atoms with van der Waals surface area (Å²) in [6.45, 7) is 2.23. The van der Waals surface area contributed by atoms with Crippen molar-refractivity contribution < 1.29 is 14.3 Å². The Morgan fingerprint density at radius 1 is 1.55 bits per heavy atom. The predicted molar refractivity (Wildman–Crippen MR) is 41.1 cm³/mol. The Bertz CT molecular complexity index is 138. The SMILES string of the molecule is COCC(C)(CN)C(=O)OC. The van der Waals surface area contributed by atoms with Gasteiger partial charge in [0.1, 0.15) is 5.41 Å². The highest BCUT2D eigenvalue weighted by Crippen LogP contribution is 2.15. The fraction of sp³-hybridized carbons (Fsp3) is 0.857. The lowest BCUT2D eigenvalue weighted by Gasteiger charge is -2.23. The summed E-state index contributed by atoms with van der Waals surface area (Å²) in [4.78, 5) is 11.1. The molecule has 1 unspecified atom stereocenters. The van der Waals surface area contributed by atoms with Crippen LogP contribution in [0.3, 0.4) is 0 Å². The number of carbonyl (C=O) groups is 1. The third-order valence-corrected chi connectivity index (χ3v) is 1.59. The van der Waals surface area contributed by atoms with Gasteiger partial charge >= 0.3 is 5.97 Å². The molecular weight excluding hydrogens is 146 g/mol. The van der Waals surface area contributed by atoms with Crippen LogP contribution in [0.2, 0.25) is 0 Å². The van der Waals surface area contributed by atoms with Gasteiger partial charge in [-0.2, -0.15) is 0 Å². The van der Waals surface area contributed by atoms with Crippen molar-refractivity contribution in [2.45, 2.75) is 6.92 Å². The molecule has 0 aliphatic carbocycles. The Balaban J connectivity index is 4.19. The summed E-state index contributed by atoms with van der Waals surface area (Å²) < 4.78 is 9.40. The van der Waals surface area contributed by atoms with Gasteiger partial charge in [-0.3, -0.25) is 4.79 Å². The average molecular weight is 161 g/mol. The molecule has 11 heavy (non-hydrogen) atoms. The largest absolute Gasteiger partial charge is 0.468 e. The standard InChI is InChI=1S/C7H15NO3/c1-7(4-8,5-10-2)6(9)11-3/h4-5,8H2,1-3H3. The highest BCUT2D eigenvalue weighted by atomic mass is 16.5. The Morgan fingerprint density at radius 3 is 2.36 bits per heavy atom. The zero-order chi connectivity index (χ0) is 8.91. The zero-order valence-corrected chi connectivity index (χ0v) is 7.22. The van der Waals surface area contributed by atoms with E-state index in [1.807, 2.05) is 0 Å². The molecule has 0 rings (SSSR count). The van der Waals surface area contributed by atoms with Crippen molar-refractivity contribution in [3.05, 3.63) is 0 Å². The van der Waals surface area contributed by atoms with E-state index >= 15 is 0 Å². The van der Waals surface area contributed by atoms with Crippen molar-refractivity contribution >= 4 is 5.97 Å². The Hall–Kier alpha value is -0.610. The first kappa shape index (κ1) is 10.4. The molecule has 0 aliphatic heterocycles. The van der Waals surface area contributed by atoms with Crippen molar-refractivity contribution in [3.63, 3.8) is 0 Å². The monoisotopic (exact) mass is 161 g/mol.